The molecule has 0 aromatic rings. The Morgan fingerprint density at radius 1 is 1.15 bits per heavy atom. The molecule has 0 amide bonds. The van der Waals surface area contributed by atoms with Crippen molar-refractivity contribution in [2.24, 2.45) is 0 Å². The number of allylic oxidation sites excluding steroid dienone is 2. The van der Waals surface area contributed by atoms with E-state index >= 15 is 0 Å². The fourth-order valence-corrected chi connectivity index (χ4v) is 1.28. The highest BCUT2D eigenvalue weighted by atomic mass is 79.9. The summed E-state index contributed by atoms with van der Waals surface area (Å²) in [6, 6.07) is 0. The third-order valence-corrected chi connectivity index (χ3v) is 2.16. The molecule has 0 bridgehead atoms. The van der Waals surface area contributed by atoms with Gasteiger partial charge in [-0.1, -0.05) is 34.5 Å². The van der Waals surface area contributed by atoms with Gasteiger partial charge in [0.1, 0.15) is 0 Å². The molecule has 0 aromatic heterocycles. The zero-order valence-corrected chi connectivity index (χ0v) is 9.42. The summed E-state index contributed by atoms with van der Waals surface area (Å²) >= 11 is 3.34. The van der Waals surface area contributed by atoms with Crippen LogP contribution in [-0.4, -0.2) is 16.4 Å². The molecule has 0 radical (unpaired) electrons. The van der Waals surface area contributed by atoms with Gasteiger partial charge in [-0.3, -0.25) is 4.79 Å². The maximum absolute atomic E-state index is 10.2. The van der Waals surface area contributed by atoms with E-state index in [0.29, 0.717) is 6.42 Å². The van der Waals surface area contributed by atoms with Crippen molar-refractivity contribution in [3.05, 3.63) is 12.2 Å². The topological polar surface area (TPSA) is 37.3 Å². The van der Waals surface area contributed by atoms with Crippen LogP contribution < -0.4 is 0 Å². The number of carboxylic acid groups (broad SMARTS) is 1. The van der Waals surface area contributed by atoms with Crippen LogP contribution in [0.1, 0.15) is 38.5 Å². The SMILES string of the molecule is O=C(O)CCCCC/C=C\CCBr. The average Bonchev–Trinajstić information content (AvgIpc) is 2.09. The number of aliphatic carboxylic acids is 1. The predicted molar refractivity (Wildman–Crippen MR) is 58.3 cm³/mol. The van der Waals surface area contributed by atoms with Gasteiger partial charge in [-0.25, -0.2) is 0 Å². The Balaban J connectivity index is 3.03. The largest absolute Gasteiger partial charge is 0.481 e. The quantitative estimate of drug-likeness (QED) is 0.407. The van der Waals surface area contributed by atoms with Crippen molar-refractivity contribution in [2.75, 3.05) is 5.33 Å². The molecule has 0 saturated heterocycles. The third-order valence-electron chi connectivity index (χ3n) is 1.70. The van der Waals surface area contributed by atoms with Gasteiger partial charge in [-0.2, -0.15) is 0 Å². The van der Waals surface area contributed by atoms with Gasteiger partial charge in [-0.15, -0.1) is 0 Å². The van der Waals surface area contributed by atoms with Gasteiger partial charge in [-0.05, 0) is 25.7 Å². The summed E-state index contributed by atoms with van der Waals surface area (Å²) in [7, 11) is 0. The lowest BCUT2D eigenvalue weighted by molar-refractivity contribution is -0.137. The molecule has 0 aliphatic heterocycles. The molecule has 0 unspecified atom stereocenters. The Hall–Kier alpha value is -0.310. The summed E-state index contributed by atoms with van der Waals surface area (Å²) in [5, 5.41) is 9.38. The van der Waals surface area contributed by atoms with Gasteiger partial charge in [0.2, 0.25) is 0 Å². The molecule has 0 saturated carbocycles. The summed E-state index contributed by atoms with van der Waals surface area (Å²) in [6.45, 7) is 0. The minimum atomic E-state index is -0.685. The molecule has 0 fully saturated rings. The third kappa shape index (κ3) is 11.7. The standard InChI is InChI=1S/C10H17BrO2/c11-9-7-5-3-1-2-4-6-8-10(12)13/h3,5H,1-2,4,6-9H2,(H,12,13)/b5-3-. The van der Waals surface area contributed by atoms with Crippen molar-refractivity contribution in [1.82, 2.24) is 0 Å². The van der Waals surface area contributed by atoms with Crippen molar-refractivity contribution in [3.63, 3.8) is 0 Å². The first-order valence-corrected chi connectivity index (χ1v) is 5.82. The number of unbranched alkanes of at least 4 members (excludes halogenated alkanes) is 3. The zero-order chi connectivity index (χ0) is 9.94. The minimum Gasteiger partial charge on any atom is -0.481 e. The van der Waals surface area contributed by atoms with Crippen LogP contribution in [0.2, 0.25) is 0 Å². The second-order valence-electron chi connectivity index (χ2n) is 2.94. The zero-order valence-electron chi connectivity index (χ0n) is 7.84. The van der Waals surface area contributed by atoms with Crippen LogP contribution in [0, 0.1) is 0 Å². The molecule has 2 nitrogen and oxygen atoms in total. The van der Waals surface area contributed by atoms with E-state index in [1.807, 2.05) is 0 Å². The Morgan fingerprint density at radius 2 is 1.85 bits per heavy atom. The first-order valence-electron chi connectivity index (χ1n) is 4.70. The van der Waals surface area contributed by atoms with Gasteiger partial charge < -0.3 is 5.11 Å². The molecule has 13 heavy (non-hydrogen) atoms. The van der Waals surface area contributed by atoms with Crippen LogP contribution in [0.4, 0.5) is 0 Å². The van der Waals surface area contributed by atoms with Crippen molar-refractivity contribution in [3.8, 4) is 0 Å². The van der Waals surface area contributed by atoms with Gasteiger partial charge in [0.25, 0.3) is 0 Å². The predicted octanol–water partition coefficient (Wildman–Crippen LogP) is 3.36. The lowest BCUT2D eigenvalue weighted by Gasteiger charge is -1.94. The van der Waals surface area contributed by atoms with Crippen molar-refractivity contribution < 1.29 is 9.90 Å². The fourth-order valence-electron chi connectivity index (χ4n) is 1.01. The first kappa shape index (κ1) is 12.7. The normalized spacial score (nSPS) is 10.8. The van der Waals surface area contributed by atoms with Crippen LogP contribution in [0.15, 0.2) is 12.2 Å². The number of halogens is 1. The highest BCUT2D eigenvalue weighted by Crippen LogP contribution is 2.04. The van der Waals surface area contributed by atoms with Gasteiger partial charge in [0, 0.05) is 11.8 Å². The van der Waals surface area contributed by atoms with Crippen LogP contribution in [-0.2, 0) is 4.79 Å². The van der Waals surface area contributed by atoms with Crippen LogP contribution in [0.25, 0.3) is 0 Å². The second-order valence-corrected chi connectivity index (χ2v) is 3.74. The molecule has 1 N–H and O–H groups in total. The molecule has 0 rings (SSSR count). The van der Waals surface area contributed by atoms with E-state index in [4.69, 9.17) is 5.11 Å². The maximum Gasteiger partial charge on any atom is 0.303 e. The Labute approximate surface area is 88.2 Å². The Bertz CT molecular complexity index is 155. The molecule has 3 heteroatoms. The van der Waals surface area contributed by atoms with E-state index in [2.05, 4.69) is 28.1 Å². The average molecular weight is 249 g/mol. The van der Waals surface area contributed by atoms with Gasteiger partial charge in [0.05, 0.1) is 0 Å². The molecule has 0 aliphatic carbocycles. The van der Waals surface area contributed by atoms with Crippen LogP contribution in [0.3, 0.4) is 0 Å². The van der Waals surface area contributed by atoms with E-state index in [1.54, 1.807) is 0 Å². The van der Waals surface area contributed by atoms with Gasteiger partial charge >= 0.3 is 5.97 Å². The first-order chi connectivity index (χ1) is 6.27. The number of rotatable bonds is 8. The van der Waals surface area contributed by atoms with E-state index in [0.717, 1.165) is 37.4 Å². The second kappa shape index (κ2) is 9.78. The molecule has 76 valence electrons. The monoisotopic (exact) mass is 248 g/mol. The number of carboxylic acids is 1. The molecule has 0 spiro atoms. The molecule has 0 aliphatic rings. The van der Waals surface area contributed by atoms with E-state index in [9.17, 15) is 4.79 Å². The van der Waals surface area contributed by atoms with Crippen molar-refractivity contribution in [1.29, 1.82) is 0 Å². The lowest BCUT2D eigenvalue weighted by Crippen LogP contribution is -1.93. The van der Waals surface area contributed by atoms with E-state index in [-0.39, 0.29) is 0 Å². The number of alkyl halides is 1. The minimum absolute atomic E-state index is 0.311. The summed E-state index contributed by atoms with van der Waals surface area (Å²) in [4.78, 5) is 10.2. The van der Waals surface area contributed by atoms with Crippen LogP contribution >= 0.6 is 15.9 Å². The smallest absolute Gasteiger partial charge is 0.303 e. The van der Waals surface area contributed by atoms with E-state index < -0.39 is 5.97 Å². The lowest BCUT2D eigenvalue weighted by atomic mass is 10.1. The Kier molecular flexibility index (Phi) is 9.54. The van der Waals surface area contributed by atoms with Crippen LogP contribution in [0.5, 0.6) is 0 Å². The molecule has 0 atom stereocenters. The summed E-state index contributed by atoms with van der Waals surface area (Å²) < 4.78 is 0. The van der Waals surface area contributed by atoms with Crippen molar-refractivity contribution in [2.45, 2.75) is 38.5 Å². The molecule has 0 heterocycles. The molecule has 0 aromatic carbocycles. The van der Waals surface area contributed by atoms with E-state index in [1.165, 1.54) is 0 Å². The molecular formula is C10H17BrO2. The van der Waals surface area contributed by atoms with Crippen molar-refractivity contribution >= 4 is 21.9 Å². The number of carbonyl (C=O) groups is 1. The maximum atomic E-state index is 10.2. The molecular weight excluding hydrogens is 232 g/mol. The number of hydrogen-bond acceptors (Lipinski definition) is 1. The number of hydrogen-bond donors (Lipinski definition) is 1. The summed E-state index contributed by atoms with van der Waals surface area (Å²) in [5.41, 5.74) is 0. The highest BCUT2D eigenvalue weighted by Gasteiger charge is 1.94. The highest BCUT2D eigenvalue weighted by molar-refractivity contribution is 9.09. The summed E-state index contributed by atoms with van der Waals surface area (Å²) in [5.74, 6) is -0.685. The van der Waals surface area contributed by atoms with Gasteiger partial charge in [0.15, 0.2) is 0 Å². The Morgan fingerprint density at radius 3 is 2.46 bits per heavy atom. The summed E-state index contributed by atoms with van der Waals surface area (Å²) in [6.07, 6.45) is 9.72. The fraction of sp³-hybridized carbons (Fsp3) is 0.700.